The Bertz CT molecular complexity index is 895. The number of hydrogen-bond donors (Lipinski definition) is 2. The Morgan fingerprint density at radius 2 is 2.20 bits per heavy atom. The summed E-state index contributed by atoms with van der Waals surface area (Å²) < 4.78 is 4.96. The summed E-state index contributed by atoms with van der Waals surface area (Å²) in [5, 5.41) is 22.2. The summed E-state index contributed by atoms with van der Waals surface area (Å²) in [5.41, 5.74) is 2.33. The number of carbonyl (C=O) groups is 2. The van der Waals surface area contributed by atoms with Crippen LogP contribution in [0, 0.1) is 18.3 Å². The first-order chi connectivity index (χ1) is 12.0. The lowest BCUT2D eigenvalue weighted by atomic mass is 10.1. The zero-order valence-electron chi connectivity index (χ0n) is 13.6. The van der Waals surface area contributed by atoms with Crippen LogP contribution < -0.4 is 5.32 Å². The molecule has 1 aromatic heterocycles. The molecule has 0 atom stereocenters. The summed E-state index contributed by atoms with van der Waals surface area (Å²) >= 11 is 1.40. The number of nitrogens with zero attached hydrogens (tertiary/aromatic N) is 1. The summed E-state index contributed by atoms with van der Waals surface area (Å²) in [6.07, 6.45) is 2.81. The third-order valence-electron chi connectivity index (χ3n) is 3.99. The van der Waals surface area contributed by atoms with Gasteiger partial charge in [0.15, 0.2) is 6.61 Å². The number of ether oxygens (including phenoxy) is 1. The summed E-state index contributed by atoms with van der Waals surface area (Å²) in [7, 11) is 0. The first-order valence-corrected chi connectivity index (χ1v) is 8.62. The molecule has 0 radical (unpaired) electrons. The number of anilines is 1. The Balaban J connectivity index is 1.63. The highest BCUT2D eigenvalue weighted by atomic mass is 32.1. The lowest BCUT2D eigenvalue weighted by Crippen LogP contribution is -2.21. The zero-order valence-corrected chi connectivity index (χ0v) is 14.4. The van der Waals surface area contributed by atoms with E-state index in [4.69, 9.17) is 4.74 Å². The minimum atomic E-state index is -0.773. The molecule has 1 aromatic carbocycles. The predicted molar refractivity (Wildman–Crippen MR) is 92.8 cm³/mol. The van der Waals surface area contributed by atoms with Gasteiger partial charge in [-0.1, -0.05) is 11.6 Å². The zero-order chi connectivity index (χ0) is 18.0. The number of thiophene rings is 1. The molecule has 1 heterocycles. The molecule has 2 N–H and O–H groups in total. The smallest absolute Gasteiger partial charge is 0.342 e. The molecule has 0 aliphatic heterocycles. The van der Waals surface area contributed by atoms with Gasteiger partial charge in [0.25, 0.3) is 5.91 Å². The summed E-state index contributed by atoms with van der Waals surface area (Å²) in [6.45, 7) is 1.29. The van der Waals surface area contributed by atoms with Crippen LogP contribution >= 0.6 is 11.3 Å². The molecule has 128 valence electrons. The van der Waals surface area contributed by atoms with E-state index in [1.54, 1.807) is 13.0 Å². The van der Waals surface area contributed by atoms with E-state index in [-0.39, 0.29) is 11.3 Å². The molecule has 2 aromatic rings. The van der Waals surface area contributed by atoms with Gasteiger partial charge in [0.1, 0.15) is 22.4 Å². The third-order valence-corrected chi connectivity index (χ3v) is 5.20. The minimum Gasteiger partial charge on any atom is -0.507 e. The molecule has 1 aliphatic rings. The SMILES string of the molecule is Cc1ccc(O)c(C(=O)OCC(=O)Nc2sc3c(c2C#N)CCC3)c1. The normalized spacial score (nSPS) is 12.3. The van der Waals surface area contributed by atoms with Crippen LogP contribution in [-0.2, 0) is 22.4 Å². The number of esters is 1. The number of hydrogen-bond acceptors (Lipinski definition) is 6. The second-order valence-electron chi connectivity index (χ2n) is 5.82. The van der Waals surface area contributed by atoms with E-state index in [0.717, 1.165) is 35.3 Å². The van der Waals surface area contributed by atoms with Crippen LogP contribution in [0.15, 0.2) is 18.2 Å². The Hall–Kier alpha value is -2.85. The first kappa shape index (κ1) is 17.0. The van der Waals surface area contributed by atoms with Crippen LogP contribution in [0.25, 0.3) is 0 Å². The molecule has 0 unspecified atom stereocenters. The van der Waals surface area contributed by atoms with Crippen molar-refractivity contribution in [3.8, 4) is 11.8 Å². The maximum absolute atomic E-state index is 12.0. The lowest BCUT2D eigenvalue weighted by Gasteiger charge is -2.07. The van der Waals surface area contributed by atoms with E-state index >= 15 is 0 Å². The van der Waals surface area contributed by atoms with Gasteiger partial charge in [0.05, 0.1) is 5.56 Å². The number of rotatable bonds is 4. The number of carbonyl (C=O) groups excluding carboxylic acids is 2. The molecule has 0 saturated carbocycles. The fourth-order valence-electron chi connectivity index (χ4n) is 2.80. The molecule has 1 amide bonds. The number of aryl methyl sites for hydroxylation is 2. The summed E-state index contributed by atoms with van der Waals surface area (Å²) in [6, 6.07) is 6.70. The van der Waals surface area contributed by atoms with Crippen LogP contribution in [0.2, 0.25) is 0 Å². The van der Waals surface area contributed by atoms with Gasteiger partial charge in [-0.25, -0.2) is 4.79 Å². The van der Waals surface area contributed by atoms with Crippen molar-refractivity contribution in [2.24, 2.45) is 0 Å². The van der Waals surface area contributed by atoms with E-state index < -0.39 is 18.5 Å². The highest BCUT2D eigenvalue weighted by Crippen LogP contribution is 2.38. The fraction of sp³-hybridized carbons (Fsp3) is 0.278. The van der Waals surface area contributed by atoms with Gasteiger partial charge in [0.2, 0.25) is 0 Å². The van der Waals surface area contributed by atoms with Crippen molar-refractivity contribution in [3.05, 3.63) is 45.3 Å². The average Bonchev–Trinajstić information content (AvgIpc) is 3.15. The van der Waals surface area contributed by atoms with E-state index in [9.17, 15) is 20.0 Å². The lowest BCUT2D eigenvalue weighted by molar-refractivity contribution is -0.119. The topological polar surface area (TPSA) is 99.4 Å². The van der Waals surface area contributed by atoms with Gasteiger partial charge >= 0.3 is 5.97 Å². The van der Waals surface area contributed by atoms with Gasteiger partial charge in [0, 0.05) is 4.88 Å². The van der Waals surface area contributed by atoms with Gasteiger partial charge in [-0.05, 0) is 43.9 Å². The van der Waals surface area contributed by atoms with Crippen LogP contribution in [-0.4, -0.2) is 23.6 Å². The molecule has 0 spiro atoms. The quantitative estimate of drug-likeness (QED) is 0.821. The van der Waals surface area contributed by atoms with Gasteiger partial charge in [-0.15, -0.1) is 11.3 Å². The molecule has 1 aliphatic carbocycles. The third kappa shape index (κ3) is 3.49. The Labute approximate surface area is 148 Å². The van der Waals surface area contributed by atoms with Gasteiger partial charge in [-0.2, -0.15) is 5.26 Å². The van der Waals surface area contributed by atoms with Crippen LogP contribution in [0.3, 0.4) is 0 Å². The molecule has 25 heavy (non-hydrogen) atoms. The van der Waals surface area contributed by atoms with E-state index in [2.05, 4.69) is 11.4 Å². The van der Waals surface area contributed by atoms with Crippen molar-refractivity contribution < 1.29 is 19.4 Å². The Morgan fingerprint density at radius 1 is 1.40 bits per heavy atom. The number of phenols is 1. The number of nitrogens with one attached hydrogen (secondary N) is 1. The van der Waals surface area contributed by atoms with Crippen LogP contribution in [0.5, 0.6) is 5.75 Å². The number of benzene rings is 1. The number of aromatic hydroxyl groups is 1. The maximum atomic E-state index is 12.0. The molecule has 7 heteroatoms. The van der Waals surface area contributed by atoms with Crippen molar-refractivity contribution in [2.75, 3.05) is 11.9 Å². The van der Waals surface area contributed by atoms with E-state index in [1.165, 1.54) is 23.5 Å². The molecular weight excluding hydrogens is 340 g/mol. The van der Waals surface area contributed by atoms with Crippen LogP contribution in [0.1, 0.15) is 38.3 Å². The van der Waals surface area contributed by atoms with Crippen molar-refractivity contribution in [1.29, 1.82) is 5.26 Å². The van der Waals surface area contributed by atoms with Crippen LogP contribution in [0.4, 0.5) is 5.00 Å². The summed E-state index contributed by atoms with van der Waals surface area (Å²) in [5.74, 6) is -1.49. The maximum Gasteiger partial charge on any atom is 0.342 e. The minimum absolute atomic E-state index is 0.0145. The molecule has 0 bridgehead atoms. The van der Waals surface area contributed by atoms with E-state index in [0.29, 0.717) is 10.6 Å². The molecule has 0 fully saturated rings. The molecule has 3 rings (SSSR count). The van der Waals surface area contributed by atoms with Crippen molar-refractivity contribution in [1.82, 2.24) is 0 Å². The van der Waals surface area contributed by atoms with Gasteiger partial charge < -0.3 is 15.2 Å². The molecule has 0 saturated heterocycles. The molecular formula is C18H16N2O4S. The second-order valence-corrected chi connectivity index (χ2v) is 6.92. The Kier molecular flexibility index (Phi) is 4.72. The first-order valence-electron chi connectivity index (χ1n) is 7.81. The average molecular weight is 356 g/mol. The number of nitriles is 1. The monoisotopic (exact) mass is 356 g/mol. The Morgan fingerprint density at radius 3 is 2.96 bits per heavy atom. The van der Waals surface area contributed by atoms with Crippen molar-refractivity contribution in [2.45, 2.75) is 26.2 Å². The van der Waals surface area contributed by atoms with Crippen molar-refractivity contribution >= 4 is 28.2 Å². The number of amides is 1. The highest BCUT2D eigenvalue weighted by Gasteiger charge is 2.23. The summed E-state index contributed by atoms with van der Waals surface area (Å²) in [4.78, 5) is 25.2. The largest absolute Gasteiger partial charge is 0.507 e. The standard InChI is InChI=1S/C18H16N2O4S/c1-10-5-6-14(21)12(7-10)18(23)24-9-16(22)20-17-13(8-19)11-3-2-4-15(11)25-17/h5-7,21H,2-4,9H2,1H3,(H,20,22). The fourth-order valence-corrected chi connectivity index (χ4v) is 4.05. The van der Waals surface area contributed by atoms with E-state index in [1.807, 2.05) is 0 Å². The molecule has 6 nitrogen and oxygen atoms in total. The second kappa shape index (κ2) is 6.95. The highest BCUT2D eigenvalue weighted by molar-refractivity contribution is 7.16. The predicted octanol–water partition coefficient (Wildman–Crippen LogP) is 2.92. The van der Waals surface area contributed by atoms with Crippen molar-refractivity contribution in [3.63, 3.8) is 0 Å². The van der Waals surface area contributed by atoms with Gasteiger partial charge in [-0.3, -0.25) is 4.79 Å². The number of fused-ring (bicyclic) bond motifs is 1. The number of phenolic OH excluding ortho intramolecular Hbond substituents is 1.